The molecule has 108 valence electrons. The van der Waals surface area contributed by atoms with Crippen LogP contribution in [0.1, 0.15) is 15.9 Å². The first-order valence-electron chi connectivity index (χ1n) is 5.97. The number of nitro benzene ring substituents is 1. The third-order valence-electron chi connectivity index (χ3n) is 2.79. The molecule has 0 spiro atoms. The first-order chi connectivity index (χ1) is 9.97. The van der Waals surface area contributed by atoms with Crippen LogP contribution in [0, 0.1) is 10.1 Å². The number of phenolic OH excluding ortho intramolecular Hbond substituents is 1. The number of rotatable bonds is 4. The fourth-order valence-electron chi connectivity index (χ4n) is 1.75. The summed E-state index contributed by atoms with van der Waals surface area (Å²) < 4.78 is 0. The maximum atomic E-state index is 12.0. The van der Waals surface area contributed by atoms with Crippen LogP contribution in [0.2, 0.25) is 5.02 Å². The number of benzene rings is 2. The number of carbonyl (C=O) groups is 1. The van der Waals surface area contributed by atoms with E-state index in [1.807, 2.05) is 0 Å². The Labute approximate surface area is 125 Å². The number of aromatic hydroxyl groups is 1. The molecule has 2 rings (SSSR count). The summed E-state index contributed by atoms with van der Waals surface area (Å²) in [5.74, 6) is -0.446. The predicted molar refractivity (Wildman–Crippen MR) is 77.4 cm³/mol. The van der Waals surface area contributed by atoms with E-state index in [1.165, 1.54) is 18.2 Å². The van der Waals surface area contributed by atoms with Gasteiger partial charge in [0.05, 0.1) is 4.92 Å². The topological polar surface area (TPSA) is 92.5 Å². The first kappa shape index (κ1) is 14.8. The largest absolute Gasteiger partial charge is 0.508 e. The van der Waals surface area contributed by atoms with Gasteiger partial charge in [0.2, 0.25) is 0 Å². The molecule has 2 N–H and O–H groups in total. The predicted octanol–water partition coefficient (Wildman–Crippen LogP) is 2.88. The van der Waals surface area contributed by atoms with Gasteiger partial charge in [0.1, 0.15) is 5.75 Å². The van der Waals surface area contributed by atoms with Gasteiger partial charge in [0, 0.05) is 34.8 Å². The lowest BCUT2D eigenvalue weighted by Gasteiger charge is -2.07. The van der Waals surface area contributed by atoms with Crippen molar-refractivity contribution in [1.29, 1.82) is 0 Å². The Morgan fingerprint density at radius 1 is 1.29 bits per heavy atom. The van der Waals surface area contributed by atoms with Crippen molar-refractivity contribution in [2.24, 2.45) is 0 Å². The van der Waals surface area contributed by atoms with Gasteiger partial charge in [-0.1, -0.05) is 29.8 Å². The minimum absolute atomic E-state index is 0.0647. The second-order valence-electron chi connectivity index (χ2n) is 4.27. The molecule has 0 bridgehead atoms. The summed E-state index contributed by atoms with van der Waals surface area (Å²) in [6.45, 7) is 0.103. The van der Waals surface area contributed by atoms with E-state index in [0.29, 0.717) is 5.56 Å². The fraction of sp³-hybridized carbons (Fsp3) is 0.0714. The number of non-ortho nitro benzene ring substituents is 1. The molecule has 21 heavy (non-hydrogen) atoms. The van der Waals surface area contributed by atoms with Crippen molar-refractivity contribution in [3.05, 3.63) is 68.7 Å². The minimum atomic E-state index is -0.619. The molecule has 7 heteroatoms. The van der Waals surface area contributed by atoms with Gasteiger partial charge in [0.25, 0.3) is 11.6 Å². The molecule has 0 radical (unpaired) electrons. The first-order valence-corrected chi connectivity index (χ1v) is 6.35. The summed E-state index contributed by atoms with van der Waals surface area (Å²) in [5.41, 5.74) is 0.377. The van der Waals surface area contributed by atoms with Crippen LogP contribution in [0.5, 0.6) is 5.75 Å². The van der Waals surface area contributed by atoms with Crippen molar-refractivity contribution in [2.75, 3.05) is 0 Å². The zero-order valence-corrected chi connectivity index (χ0v) is 11.5. The van der Waals surface area contributed by atoms with E-state index in [2.05, 4.69) is 5.32 Å². The smallest absolute Gasteiger partial charge is 0.271 e. The van der Waals surface area contributed by atoms with Crippen molar-refractivity contribution < 1.29 is 14.8 Å². The van der Waals surface area contributed by atoms with Gasteiger partial charge in [-0.3, -0.25) is 14.9 Å². The highest BCUT2D eigenvalue weighted by Crippen LogP contribution is 2.21. The van der Waals surface area contributed by atoms with E-state index >= 15 is 0 Å². The third-order valence-corrected chi connectivity index (χ3v) is 3.00. The zero-order valence-electron chi connectivity index (χ0n) is 10.7. The molecular formula is C14H11ClN2O4. The average molecular weight is 307 g/mol. The lowest BCUT2D eigenvalue weighted by molar-refractivity contribution is -0.384. The summed E-state index contributed by atoms with van der Waals surface area (Å²) in [4.78, 5) is 22.1. The Hall–Kier alpha value is -2.60. The fourth-order valence-corrected chi connectivity index (χ4v) is 1.98. The number of nitro groups is 1. The number of amides is 1. The molecule has 0 aliphatic rings. The number of hydrogen-bond donors (Lipinski definition) is 2. The highest BCUT2D eigenvalue weighted by Gasteiger charge is 2.14. The third kappa shape index (κ3) is 3.70. The van der Waals surface area contributed by atoms with Gasteiger partial charge in [-0.15, -0.1) is 0 Å². The van der Waals surface area contributed by atoms with Crippen molar-refractivity contribution in [1.82, 2.24) is 5.32 Å². The van der Waals surface area contributed by atoms with Gasteiger partial charge in [0.15, 0.2) is 0 Å². The zero-order chi connectivity index (χ0) is 15.4. The van der Waals surface area contributed by atoms with Crippen LogP contribution < -0.4 is 5.32 Å². The van der Waals surface area contributed by atoms with Gasteiger partial charge in [-0.2, -0.15) is 0 Å². The summed E-state index contributed by atoms with van der Waals surface area (Å²) in [7, 11) is 0. The lowest BCUT2D eigenvalue weighted by Crippen LogP contribution is -2.22. The highest BCUT2D eigenvalue weighted by molar-refractivity contribution is 6.31. The molecule has 0 unspecified atom stereocenters. The standard InChI is InChI=1S/C14H11ClN2O4/c15-11-5-10(6-12(7-11)17(20)21)14(19)16-8-9-3-1-2-4-13(9)18/h1-7,18H,8H2,(H,16,19). The number of nitrogens with zero attached hydrogens (tertiary/aromatic N) is 1. The Morgan fingerprint density at radius 2 is 2.00 bits per heavy atom. The Bertz CT molecular complexity index is 703. The molecular weight excluding hydrogens is 296 g/mol. The number of nitrogens with one attached hydrogen (secondary N) is 1. The summed E-state index contributed by atoms with van der Waals surface area (Å²) >= 11 is 5.76. The minimum Gasteiger partial charge on any atom is -0.508 e. The molecule has 0 aliphatic carbocycles. The van der Waals surface area contributed by atoms with Crippen LogP contribution in [-0.4, -0.2) is 15.9 Å². The van der Waals surface area contributed by atoms with Crippen LogP contribution >= 0.6 is 11.6 Å². The molecule has 0 atom stereocenters. The molecule has 0 heterocycles. The molecule has 2 aromatic rings. The van der Waals surface area contributed by atoms with E-state index in [0.717, 1.165) is 6.07 Å². The maximum Gasteiger partial charge on any atom is 0.271 e. The van der Waals surface area contributed by atoms with Gasteiger partial charge >= 0.3 is 0 Å². The summed E-state index contributed by atoms with van der Waals surface area (Å²) in [5, 5.41) is 23.0. The molecule has 0 saturated carbocycles. The monoisotopic (exact) mass is 306 g/mol. The molecule has 0 saturated heterocycles. The van der Waals surface area contributed by atoms with Gasteiger partial charge < -0.3 is 10.4 Å². The van der Waals surface area contributed by atoms with Crippen LogP contribution in [0.3, 0.4) is 0 Å². The number of para-hydroxylation sites is 1. The van der Waals surface area contributed by atoms with Crippen LogP contribution in [-0.2, 0) is 6.54 Å². The molecule has 0 aliphatic heterocycles. The second kappa shape index (κ2) is 6.23. The number of halogens is 1. The maximum absolute atomic E-state index is 12.0. The van der Waals surface area contributed by atoms with E-state index in [1.54, 1.807) is 18.2 Å². The van der Waals surface area contributed by atoms with Crippen molar-refractivity contribution in [3.63, 3.8) is 0 Å². The van der Waals surface area contributed by atoms with Crippen LogP contribution in [0.4, 0.5) is 5.69 Å². The highest BCUT2D eigenvalue weighted by atomic mass is 35.5. The van der Waals surface area contributed by atoms with Gasteiger partial charge in [-0.05, 0) is 12.1 Å². The van der Waals surface area contributed by atoms with E-state index in [9.17, 15) is 20.0 Å². The molecule has 0 fully saturated rings. The van der Waals surface area contributed by atoms with Crippen LogP contribution in [0.25, 0.3) is 0 Å². The molecule has 6 nitrogen and oxygen atoms in total. The van der Waals surface area contributed by atoms with Crippen molar-refractivity contribution in [3.8, 4) is 5.75 Å². The summed E-state index contributed by atoms with van der Waals surface area (Å²) in [6, 6.07) is 10.2. The second-order valence-corrected chi connectivity index (χ2v) is 4.70. The Balaban J connectivity index is 2.14. The quantitative estimate of drug-likeness (QED) is 0.671. The number of phenols is 1. The Kier molecular flexibility index (Phi) is 4.39. The molecule has 1 amide bonds. The SMILES string of the molecule is O=C(NCc1ccccc1O)c1cc(Cl)cc([N+](=O)[O-])c1. The van der Waals surface area contributed by atoms with E-state index in [4.69, 9.17) is 11.6 Å². The molecule has 2 aromatic carbocycles. The summed E-state index contributed by atoms with van der Waals surface area (Å²) in [6.07, 6.45) is 0. The normalized spacial score (nSPS) is 10.1. The van der Waals surface area contributed by atoms with Gasteiger partial charge in [-0.25, -0.2) is 0 Å². The van der Waals surface area contributed by atoms with Crippen molar-refractivity contribution >= 4 is 23.2 Å². The number of hydrogen-bond acceptors (Lipinski definition) is 4. The van der Waals surface area contributed by atoms with E-state index < -0.39 is 10.8 Å². The van der Waals surface area contributed by atoms with Crippen LogP contribution in [0.15, 0.2) is 42.5 Å². The number of carbonyl (C=O) groups excluding carboxylic acids is 1. The average Bonchev–Trinajstić information content (AvgIpc) is 2.45. The van der Waals surface area contributed by atoms with Crippen molar-refractivity contribution in [2.45, 2.75) is 6.54 Å². The van der Waals surface area contributed by atoms with E-state index in [-0.39, 0.29) is 28.6 Å². The Morgan fingerprint density at radius 3 is 2.67 bits per heavy atom. The lowest BCUT2D eigenvalue weighted by atomic mass is 10.1. The molecule has 0 aromatic heterocycles.